The van der Waals surface area contributed by atoms with E-state index in [1.807, 2.05) is 35.3 Å². The molecular weight excluding hydrogens is 254 g/mol. The largest absolute Gasteiger partial charge is 0.330 e. The molecule has 0 amide bonds. The smallest absolute Gasteiger partial charge is 0.0341 e. The highest BCUT2D eigenvalue weighted by atomic mass is 32.2. The van der Waals surface area contributed by atoms with E-state index >= 15 is 0 Å². The van der Waals surface area contributed by atoms with Gasteiger partial charge in [0.15, 0.2) is 0 Å². The number of aryl methyl sites for hydroxylation is 1. The Kier molecular flexibility index (Phi) is 6.73. The van der Waals surface area contributed by atoms with E-state index in [2.05, 4.69) is 30.9 Å². The summed E-state index contributed by atoms with van der Waals surface area (Å²) in [4.78, 5) is 4.20. The normalized spacial score (nSPS) is 10.8. The van der Waals surface area contributed by atoms with Gasteiger partial charge in [0.2, 0.25) is 0 Å². The van der Waals surface area contributed by atoms with Gasteiger partial charge in [0, 0.05) is 14.7 Å². The highest BCUT2D eigenvalue weighted by Crippen LogP contribution is 2.37. The topological polar surface area (TPSA) is 26.0 Å². The van der Waals surface area contributed by atoms with E-state index in [4.69, 9.17) is 5.73 Å². The van der Waals surface area contributed by atoms with Crippen molar-refractivity contribution in [1.29, 1.82) is 0 Å². The molecule has 0 radical (unpaired) electrons. The zero-order chi connectivity index (χ0) is 12.0. The van der Waals surface area contributed by atoms with Gasteiger partial charge in [0.1, 0.15) is 0 Å². The van der Waals surface area contributed by atoms with E-state index in [1.54, 1.807) is 0 Å². The van der Waals surface area contributed by atoms with Crippen molar-refractivity contribution in [3.05, 3.63) is 17.7 Å². The maximum absolute atomic E-state index is 5.56. The summed E-state index contributed by atoms with van der Waals surface area (Å²) in [5.41, 5.74) is 6.97. The minimum Gasteiger partial charge on any atom is -0.330 e. The molecule has 0 bridgehead atoms. The molecule has 4 heteroatoms. The van der Waals surface area contributed by atoms with Crippen LogP contribution in [-0.4, -0.2) is 25.3 Å². The van der Waals surface area contributed by atoms with Crippen molar-refractivity contribution in [1.82, 2.24) is 0 Å². The minimum absolute atomic E-state index is 0.771. The Labute approximate surface area is 111 Å². The third-order valence-corrected chi connectivity index (χ3v) is 5.02. The summed E-state index contributed by atoms with van der Waals surface area (Å²) in [5.74, 6) is 0. The fourth-order valence-corrected chi connectivity index (χ4v) is 4.30. The van der Waals surface area contributed by atoms with Crippen LogP contribution in [0.15, 0.2) is 26.8 Å². The Morgan fingerprint density at radius 3 is 1.94 bits per heavy atom. The lowest BCUT2D eigenvalue weighted by molar-refractivity contribution is 0.824. The van der Waals surface area contributed by atoms with Crippen molar-refractivity contribution >= 4 is 35.3 Å². The van der Waals surface area contributed by atoms with Gasteiger partial charge in [-0.3, -0.25) is 0 Å². The van der Waals surface area contributed by atoms with E-state index in [0.29, 0.717) is 0 Å². The fraction of sp³-hybridized carbons (Fsp3) is 0.500. The monoisotopic (exact) mass is 273 g/mol. The Morgan fingerprint density at radius 2 is 1.56 bits per heavy atom. The summed E-state index contributed by atoms with van der Waals surface area (Å²) in [6.07, 6.45) is 8.60. The van der Waals surface area contributed by atoms with Crippen LogP contribution in [0.1, 0.15) is 12.0 Å². The number of benzene rings is 1. The molecule has 2 N–H and O–H groups in total. The van der Waals surface area contributed by atoms with Crippen molar-refractivity contribution in [2.45, 2.75) is 27.5 Å². The van der Waals surface area contributed by atoms with Crippen molar-refractivity contribution in [3.63, 3.8) is 0 Å². The van der Waals surface area contributed by atoms with E-state index in [9.17, 15) is 0 Å². The lowest BCUT2D eigenvalue weighted by Crippen LogP contribution is -2.00. The SMILES string of the molecule is CSc1cc(CCCN)cc(SC)c1SC. The second-order valence-electron chi connectivity index (χ2n) is 3.43. The molecule has 0 saturated heterocycles. The number of rotatable bonds is 6. The molecule has 0 aliphatic carbocycles. The molecule has 16 heavy (non-hydrogen) atoms. The van der Waals surface area contributed by atoms with Gasteiger partial charge in [-0.05, 0) is 55.8 Å². The molecule has 1 aromatic carbocycles. The maximum Gasteiger partial charge on any atom is 0.0341 e. The average Bonchev–Trinajstić information content (AvgIpc) is 2.34. The van der Waals surface area contributed by atoms with Crippen LogP contribution in [-0.2, 0) is 6.42 Å². The average molecular weight is 273 g/mol. The quantitative estimate of drug-likeness (QED) is 0.799. The molecule has 0 unspecified atom stereocenters. The summed E-state index contributed by atoms with van der Waals surface area (Å²) >= 11 is 5.50. The van der Waals surface area contributed by atoms with Crippen molar-refractivity contribution in [2.24, 2.45) is 5.73 Å². The van der Waals surface area contributed by atoms with Gasteiger partial charge in [0.25, 0.3) is 0 Å². The van der Waals surface area contributed by atoms with Crippen LogP contribution in [0.3, 0.4) is 0 Å². The highest BCUT2D eigenvalue weighted by molar-refractivity contribution is 8.03. The highest BCUT2D eigenvalue weighted by Gasteiger charge is 2.09. The first-order valence-corrected chi connectivity index (χ1v) is 8.93. The summed E-state index contributed by atoms with van der Waals surface area (Å²) in [7, 11) is 0. The fourth-order valence-electron chi connectivity index (χ4n) is 1.59. The third kappa shape index (κ3) is 3.62. The predicted molar refractivity (Wildman–Crippen MR) is 79.2 cm³/mol. The molecule has 0 saturated carbocycles. The Bertz CT molecular complexity index is 314. The first-order valence-electron chi connectivity index (χ1n) is 5.25. The molecule has 0 aromatic heterocycles. The molecule has 1 nitrogen and oxygen atoms in total. The predicted octanol–water partition coefficient (Wildman–Crippen LogP) is 3.74. The van der Waals surface area contributed by atoms with Gasteiger partial charge in [-0.15, -0.1) is 35.3 Å². The number of hydrogen-bond donors (Lipinski definition) is 1. The molecule has 90 valence electrons. The molecule has 1 rings (SSSR count). The summed E-state index contributed by atoms with van der Waals surface area (Å²) in [6, 6.07) is 4.62. The Balaban J connectivity index is 3.05. The summed E-state index contributed by atoms with van der Waals surface area (Å²) in [5, 5.41) is 0. The van der Waals surface area contributed by atoms with E-state index in [1.165, 1.54) is 20.2 Å². The van der Waals surface area contributed by atoms with Gasteiger partial charge < -0.3 is 5.73 Å². The Morgan fingerprint density at radius 1 is 1.00 bits per heavy atom. The van der Waals surface area contributed by atoms with E-state index in [-0.39, 0.29) is 0 Å². The number of nitrogens with two attached hydrogens (primary N) is 1. The van der Waals surface area contributed by atoms with Gasteiger partial charge in [-0.25, -0.2) is 0 Å². The van der Waals surface area contributed by atoms with Crippen LogP contribution in [0.25, 0.3) is 0 Å². The molecule has 0 spiro atoms. The standard InChI is InChI=1S/C12H19NS3/c1-14-10-7-9(5-4-6-13)8-11(15-2)12(10)16-3/h7-8H,4-6,13H2,1-3H3. The summed E-state index contributed by atoms with van der Waals surface area (Å²) < 4.78 is 0. The first-order chi connectivity index (χ1) is 7.76. The second kappa shape index (κ2) is 7.54. The zero-order valence-electron chi connectivity index (χ0n) is 10.1. The number of hydrogen-bond acceptors (Lipinski definition) is 4. The minimum atomic E-state index is 0.771. The molecule has 0 heterocycles. The summed E-state index contributed by atoms with van der Waals surface area (Å²) in [6.45, 7) is 0.771. The molecule has 1 aromatic rings. The van der Waals surface area contributed by atoms with Crippen LogP contribution in [0.5, 0.6) is 0 Å². The molecule has 0 atom stereocenters. The number of thioether (sulfide) groups is 3. The Hall–Kier alpha value is 0.230. The van der Waals surface area contributed by atoms with Gasteiger partial charge in [-0.2, -0.15) is 0 Å². The van der Waals surface area contributed by atoms with E-state index in [0.717, 1.165) is 19.4 Å². The van der Waals surface area contributed by atoms with Gasteiger partial charge in [0.05, 0.1) is 0 Å². The van der Waals surface area contributed by atoms with E-state index < -0.39 is 0 Å². The third-order valence-electron chi connectivity index (χ3n) is 2.39. The second-order valence-corrected chi connectivity index (χ2v) is 5.94. The van der Waals surface area contributed by atoms with Crippen LogP contribution in [0.2, 0.25) is 0 Å². The van der Waals surface area contributed by atoms with Crippen molar-refractivity contribution in [3.8, 4) is 0 Å². The van der Waals surface area contributed by atoms with Crippen LogP contribution in [0, 0.1) is 0 Å². The maximum atomic E-state index is 5.56. The van der Waals surface area contributed by atoms with Crippen LogP contribution < -0.4 is 5.73 Å². The van der Waals surface area contributed by atoms with Gasteiger partial charge >= 0.3 is 0 Å². The lowest BCUT2D eigenvalue weighted by atomic mass is 10.1. The van der Waals surface area contributed by atoms with Crippen molar-refractivity contribution in [2.75, 3.05) is 25.3 Å². The van der Waals surface area contributed by atoms with Crippen LogP contribution in [0.4, 0.5) is 0 Å². The molecule has 0 aliphatic rings. The first kappa shape index (κ1) is 14.3. The molecule has 0 fully saturated rings. The zero-order valence-corrected chi connectivity index (χ0v) is 12.5. The molecular formula is C12H19NS3. The van der Waals surface area contributed by atoms with Crippen molar-refractivity contribution < 1.29 is 0 Å². The lowest BCUT2D eigenvalue weighted by Gasteiger charge is -2.12. The van der Waals surface area contributed by atoms with Gasteiger partial charge in [-0.1, -0.05) is 0 Å². The van der Waals surface area contributed by atoms with Crippen LogP contribution >= 0.6 is 35.3 Å². The molecule has 0 aliphatic heterocycles.